The summed E-state index contributed by atoms with van der Waals surface area (Å²) in [5.41, 5.74) is -1.99. The molecule has 6 nitrogen and oxygen atoms in total. The monoisotopic (exact) mass is 325 g/mol. The molecule has 132 valence electrons. The molecule has 1 heterocycles. The number of nitrogens with one attached hydrogen (secondary N) is 2. The Balaban J connectivity index is 2.01. The van der Waals surface area contributed by atoms with Crippen LogP contribution < -0.4 is 17.1 Å². The van der Waals surface area contributed by atoms with Crippen LogP contribution >= 0.6 is 0 Å². The molecule has 0 aliphatic carbocycles. The highest BCUT2D eigenvalue weighted by atomic mass is 16.2. The van der Waals surface area contributed by atoms with E-state index >= 15 is 0 Å². The molecule has 0 radical (unpaired) electrons. The van der Waals surface area contributed by atoms with Crippen LogP contribution in [0, 0.1) is 0 Å². The average Bonchev–Trinajstić information content (AvgIpc) is 2.50. The second-order valence-electron chi connectivity index (χ2n) is 6.23. The third-order valence-electron chi connectivity index (χ3n) is 4.17. The number of aromatic amines is 2. The van der Waals surface area contributed by atoms with Gasteiger partial charge in [0.2, 0.25) is 0 Å². The molecule has 0 saturated carbocycles. The Morgan fingerprint density at radius 2 is 1.04 bits per heavy atom. The van der Waals surface area contributed by atoms with Crippen molar-refractivity contribution in [3.8, 4) is 0 Å². The lowest BCUT2D eigenvalue weighted by Gasteiger charge is -2.04. The molecule has 2 N–H and O–H groups in total. The fourth-order valence-corrected chi connectivity index (χ4v) is 2.77. The van der Waals surface area contributed by atoms with Gasteiger partial charge in [-0.15, -0.1) is 0 Å². The van der Waals surface area contributed by atoms with E-state index in [4.69, 9.17) is 0 Å². The van der Waals surface area contributed by atoms with Crippen molar-refractivity contribution in [1.82, 2.24) is 14.5 Å². The lowest BCUT2D eigenvalue weighted by atomic mass is 10.1. The van der Waals surface area contributed by atoms with Crippen molar-refractivity contribution in [2.75, 3.05) is 0 Å². The highest BCUT2D eigenvalue weighted by molar-refractivity contribution is 4.69. The molecular weight excluding hydrogens is 294 g/mol. The molecule has 0 saturated heterocycles. The molecular formula is C17H31N3O3. The number of unbranched alkanes of at least 4 members (excludes halogenated alkanes) is 11. The van der Waals surface area contributed by atoms with Crippen molar-refractivity contribution in [1.29, 1.82) is 0 Å². The molecule has 0 unspecified atom stereocenters. The largest absolute Gasteiger partial charge is 0.333 e. The van der Waals surface area contributed by atoms with Crippen LogP contribution in [0.3, 0.4) is 0 Å². The highest BCUT2D eigenvalue weighted by Crippen LogP contribution is 2.11. The minimum atomic E-state index is -0.744. The minimum absolute atomic E-state index is 0.363. The summed E-state index contributed by atoms with van der Waals surface area (Å²) in [5, 5.41) is 0. The van der Waals surface area contributed by atoms with Crippen LogP contribution in [0.5, 0.6) is 0 Å². The Labute approximate surface area is 137 Å². The molecule has 0 atom stereocenters. The van der Waals surface area contributed by atoms with E-state index in [1.54, 1.807) is 0 Å². The first-order valence-corrected chi connectivity index (χ1v) is 9.08. The van der Waals surface area contributed by atoms with Gasteiger partial charge in [0.25, 0.3) is 0 Å². The van der Waals surface area contributed by atoms with Crippen LogP contribution in [0.15, 0.2) is 14.4 Å². The van der Waals surface area contributed by atoms with Crippen LogP contribution in [0.4, 0.5) is 0 Å². The van der Waals surface area contributed by atoms with Crippen LogP contribution in [0.2, 0.25) is 0 Å². The van der Waals surface area contributed by atoms with E-state index in [-0.39, 0.29) is 0 Å². The van der Waals surface area contributed by atoms with Crippen molar-refractivity contribution >= 4 is 0 Å². The van der Waals surface area contributed by atoms with Gasteiger partial charge in [-0.05, 0) is 6.42 Å². The van der Waals surface area contributed by atoms with Gasteiger partial charge in [-0.2, -0.15) is 0 Å². The molecule has 0 aromatic carbocycles. The van der Waals surface area contributed by atoms with Crippen LogP contribution in [0.25, 0.3) is 0 Å². The summed E-state index contributed by atoms with van der Waals surface area (Å²) < 4.78 is 1.05. The van der Waals surface area contributed by atoms with E-state index < -0.39 is 17.1 Å². The fraction of sp³-hybridized carbons (Fsp3) is 0.824. The van der Waals surface area contributed by atoms with E-state index in [1.807, 2.05) is 0 Å². The fourth-order valence-electron chi connectivity index (χ4n) is 2.77. The summed E-state index contributed by atoms with van der Waals surface area (Å²) in [6.45, 7) is 2.60. The lowest BCUT2D eigenvalue weighted by Crippen LogP contribution is -2.43. The van der Waals surface area contributed by atoms with Gasteiger partial charge in [-0.3, -0.25) is 9.97 Å². The van der Waals surface area contributed by atoms with Crippen molar-refractivity contribution < 1.29 is 0 Å². The van der Waals surface area contributed by atoms with E-state index in [1.165, 1.54) is 57.8 Å². The topological polar surface area (TPSA) is 87.7 Å². The Morgan fingerprint density at radius 3 is 1.48 bits per heavy atom. The van der Waals surface area contributed by atoms with Crippen LogP contribution in [-0.4, -0.2) is 14.5 Å². The first kappa shape index (κ1) is 19.5. The maximum absolute atomic E-state index is 11.5. The number of H-pyrrole nitrogens is 2. The summed E-state index contributed by atoms with van der Waals surface area (Å²) in [6, 6.07) is 0. The van der Waals surface area contributed by atoms with Gasteiger partial charge in [0.15, 0.2) is 0 Å². The predicted molar refractivity (Wildman–Crippen MR) is 93.0 cm³/mol. The van der Waals surface area contributed by atoms with Crippen molar-refractivity contribution in [3.63, 3.8) is 0 Å². The standard InChI is InChI=1S/C17H31N3O3/c1-2-3-4-5-6-7-8-9-10-11-12-13-14-20-16(22)18-15(21)19-17(20)23/h2-14H2,1H3,(H2,18,19,21,22,23). The smallest absolute Gasteiger partial charge is 0.259 e. The predicted octanol–water partition coefficient (Wildman–Crippen LogP) is 2.93. The molecule has 0 spiro atoms. The molecule has 0 fully saturated rings. The molecule has 0 bridgehead atoms. The molecule has 0 aliphatic rings. The highest BCUT2D eigenvalue weighted by Gasteiger charge is 2.02. The Kier molecular flexibility index (Phi) is 10.1. The second kappa shape index (κ2) is 11.9. The molecule has 1 rings (SSSR count). The molecule has 6 heteroatoms. The number of aromatic nitrogens is 3. The van der Waals surface area contributed by atoms with Gasteiger partial charge >= 0.3 is 17.1 Å². The molecule has 23 heavy (non-hydrogen) atoms. The maximum Gasteiger partial charge on any atom is 0.333 e. The van der Waals surface area contributed by atoms with E-state index in [0.717, 1.165) is 23.8 Å². The molecule has 1 aromatic heterocycles. The first-order chi connectivity index (χ1) is 11.1. The zero-order chi connectivity index (χ0) is 16.9. The summed E-state index contributed by atoms with van der Waals surface area (Å²) in [7, 11) is 0. The van der Waals surface area contributed by atoms with Crippen molar-refractivity contribution in [2.24, 2.45) is 0 Å². The molecule has 1 aromatic rings. The van der Waals surface area contributed by atoms with Gasteiger partial charge in [0.05, 0.1) is 0 Å². The van der Waals surface area contributed by atoms with E-state index in [9.17, 15) is 14.4 Å². The normalized spacial score (nSPS) is 11.0. The SMILES string of the molecule is CCCCCCCCCCCCCCn1c(=O)[nH]c(=O)[nH]c1=O. The van der Waals surface area contributed by atoms with E-state index in [2.05, 4.69) is 16.9 Å². The minimum Gasteiger partial charge on any atom is -0.259 e. The Bertz CT molecular complexity index is 551. The summed E-state index contributed by atoms with van der Waals surface area (Å²) in [5.74, 6) is 0. The number of hydrogen-bond acceptors (Lipinski definition) is 3. The molecule has 0 amide bonds. The quantitative estimate of drug-likeness (QED) is 0.547. The lowest BCUT2D eigenvalue weighted by molar-refractivity contribution is 0.510. The number of nitrogens with zero attached hydrogens (tertiary/aromatic N) is 1. The Morgan fingerprint density at radius 1 is 0.652 bits per heavy atom. The third-order valence-corrected chi connectivity index (χ3v) is 4.17. The maximum atomic E-state index is 11.5. The van der Waals surface area contributed by atoms with Crippen molar-refractivity contribution in [3.05, 3.63) is 31.5 Å². The first-order valence-electron chi connectivity index (χ1n) is 9.08. The van der Waals surface area contributed by atoms with Gasteiger partial charge in [-0.25, -0.2) is 19.0 Å². The summed E-state index contributed by atoms with van der Waals surface area (Å²) in [4.78, 5) is 38.0. The number of hydrogen-bond donors (Lipinski definition) is 2. The average molecular weight is 325 g/mol. The van der Waals surface area contributed by atoms with Crippen molar-refractivity contribution in [2.45, 2.75) is 90.5 Å². The molecule has 0 aliphatic heterocycles. The van der Waals surface area contributed by atoms with Crippen LogP contribution in [0.1, 0.15) is 84.0 Å². The zero-order valence-electron chi connectivity index (χ0n) is 14.4. The summed E-state index contributed by atoms with van der Waals surface area (Å²) >= 11 is 0. The third kappa shape index (κ3) is 8.57. The summed E-state index contributed by atoms with van der Waals surface area (Å²) in [6.07, 6.45) is 14.8. The van der Waals surface area contributed by atoms with Gasteiger partial charge in [0, 0.05) is 6.54 Å². The van der Waals surface area contributed by atoms with Crippen LogP contribution in [-0.2, 0) is 6.54 Å². The van der Waals surface area contributed by atoms with Gasteiger partial charge in [0.1, 0.15) is 0 Å². The second-order valence-corrected chi connectivity index (χ2v) is 6.23. The Hall–Kier alpha value is -1.59. The van der Waals surface area contributed by atoms with Gasteiger partial charge in [-0.1, -0.05) is 77.6 Å². The number of rotatable bonds is 13. The van der Waals surface area contributed by atoms with E-state index in [0.29, 0.717) is 6.54 Å². The van der Waals surface area contributed by atoms with Gasteiger partial charge < -0.3 is 0 Å². The zero-order valence-corrected chi connectivity index (χ0v) is 14.4.